The first kappa shape index (κ1) is 12.8. The highest BCUT2D eigenvalue weighted by Crippen LogP contribution is 2.39. The predicted octanol–water partition coefficient (Wildman–Crippen LogP) is 6.07. The molecule has 3 aromatic carbocycles. The lowest BCUT2D eigenvalue weighted by Gasteiger charge is -2.17. The van der Waals surface area contributed by atoms with Gasteiger partial charge in [0, 0.05) is 10.4 Å². The maximum atomic E-state index is 3.70. The summed E-state index contributed by atoms with van der Waals surface area (Å²) >= 11 is 3.70. The Balaban J connectivity index is 1.95. The molecule has 0 heterocycles. The molecule has 21 heavy (non-hydrogen) atoms. The molecule has 0 N–H and O–H groups in total. The van der Waals surface area contributed by atoms with Gasteiger partial charge in [0.05, 0.1) is 0 Å². The van der Waals surface area contributed by atoms with E-state index < -0.39 is 0 Å². The fourth-order valence-corrected chi connectivity index (χ4v) is 4.06. The van der Waals surface area contributed by atoms with Crippen LogP contribution in [-0.4, -0.2) is 0 Å². The van der Waals surface area contributed by atoms with E-state index in [-0.39, 0.29) is 0 Å². The van der Waals surface area contributed by atoms with Crippen LogP contribution in [-0.2, 0) is 0 Å². The minimum absolute atomic E-state index is 0.373. The van der Waals surface area contributed by atoms with E-state index >= 15 is 0 Å². The second-order valence-electron chi connectivity index (χ2n) is 5.58. The summed E-state index contributed by atoms with van der Waals surface area (Å²) in [6.07, 6.45) is 4.55. The van der Waals surface area contributed by atoms with E-state index in [0.29, 0.717) is 5.92 Å². The molecule has 0 spiro atoms. The van der Waals surface area contributed by atoms with Crippen molar-refractivity contribution in [3.8, 4) is 0 Å². The number of hydrogen-bond donors (Lipinski definition) is 0. The van der Waals surface area contributed by atoms with Crippen LogP contribution in [0.1, 0.15) is 28.2 Å². The Hall–Kier alpha value is -1.86. The van der Waals surface area contributed by atoms with Crippen LogP contribution >= 0.6 is 15.9 Å². The first-order valence-electron chi connectivity index (χ1n) is 7.20. The molecule has 1 unspecified atom stereocenters. The molecule has 0 radical (unpaired) electrons. The maximum Gasteiger partial charge on any atom is 0.0281 e. The van der Waals surface area contributed by atoms with Crippen molar-refractivity contribution >= 4 is 32.8 Å². The van der Waals surface area contributed by atoms with E-state index in [2.05, 4.69) is 89.6 Å². The molecule has 102 valence electrons. The van der Waals surface area contributed by atoms with Gasteiger partial charge in [-0.3, -0.25) is 0 Å². The molecule has 1 aliphatic rings. The summed E-state index contributed by atoms with van der Waals surface area (Å²) in [6.45, 7) is 2.23. The third-order valence-corrected chi connectivity index (χ3v) is 5.09. The molecule has 0 amide bonds. The molecule has 0 saturated carbocycles. The largest absolute Gasteiger partial charge is 0.0720 e. The van der Waals surface area contributed by atoms with E-state index in [1.165, 1.54) is 37.5 Å². The van der Waals surface area contributed by atoms with Gasteiger partial charge in [-0.25, -0.2) is 0 Å². The van der Waals surface area contributed by atoms with Crippen molar-refractivity contribution in [3.05, 3.63) is 87.4 Å². The van der Waals surface area contributed by atoms with Gasteiger partial charge in [-0.2, -0.15) is 0 Å². The first-order valence-corrected chi connectivity index (χ1v) is 8.00. The van der Waals surface area contributed by atoms with Crippen LogP contribution in [0.2, 0.25) is 0 Å². The van der Waals surface area contributed by atoms with Gasteiger partial charge in [0.25, 0.3) is 0 Å². The van der Waals surface area contributed by atoms with Crippen molar-refractivity contribution in [2.24, 2.45) is 0 Å². The van der Waals surface area contributed by atoms with Gasteiger partial charge >= 0.3 is 0 Å². The second-order valence-corrected chi connectivity index (χ2v) is 6.44. The molecule has 4 rings (SSSR count). The van der Waals surface area contributed by atoms with Gasteiger partial charge in [-0.15, -0.1) is 0 Å². The maximum absolute atomic E-state index is 3.70. The second kappa shape index (κ2) is 4.85. The summed E-state index contributed by atoms with van der Waals surface area (Å²) in [5, 5.41) is 2.62. The molecule has 0 saturated heterocycles. The predicted molar refractivity (Wildman–Crippen MR) is 93.7 cm³/mol. The summed E-state index contributed by atoms with van der Waals surface area (Å²) in [5.41, 5.74) is 5.52. The van der Waals surface area contributed by atoms with Crippen molar-refractivity contribution in [3.63, 3.8) is 0 Å². The molecule has 0 aromatic heterocycles. The van der Waals surface area contributed by atoms with Crippen LogP contribution in [0.4, 0.5) is 0 Å². The zero-order valence-electron chi connectivity index (χ0n) is 11.8. The van der Waals surface area contributed by atoms with Gasteiger partial charge in [-0.05, 0) is 46.0 Å². The number of aryl methyl sites for hydroxylation is 1. The van der Waals surface area contributed by atoms with Crippen molar-refractivity contribution < 1.29 is 0 Å². The SMILES string of the molecule is Cc1c(C2C=Cc3ccccc32)ccc2cccc(Br)c12. The molecule has 0 fully saturated rings. The molecule has 3 aromatic rings. The third-order valence-electron chi connectivity index (χ3n) is 4.43. The Kier molecular flexibility index (Phi) is 2.97. The van der Waals surface area contributed by atoms with E-state index in [0.717, 1.165) is 0 Å². The van der Waals surface area contributed by atoms with Crippen molar-refractivity contribution in [2.75, 3.05) is 0 Å². The quantitative estimate of drug-likeness (QED) is 0.506. The summed E-state index contributed by atoms with van der Waals surface area (Å²) < 4.78 is 1.18. The lowest BCUT2D eigenvalue weighted by Crippen LogP contribution is -1.99. The van der Waals surface area contributed by atoms with Crippen LogP contribution in [0, 0.1) is 6.92 Å². The smallest absolute Gasteiger partial charge is 0.0281 e. The zero-order valence-corrected chi connectivity index (χ0v) is 13.4. The van der Waals surface area contributed by atoms with E-state index in [1.54, 1.807) is 0 Å². The highest BCUT2D eigenvalue weighted by molar-refractivity contribution is 9.10. The lowest BCUT2D eigenvalue weighted by atomic mass is 9.88. The average molecular weight is 335 g/mol. The molecular weight excluding hydrogens is 320 g/mol. The minimum atomic E-state index is 0.373. The Morgan fingerprint density at radius 1 is 0.857 bits per heavy atom. The van der Waals surface area contributed by atoms with Gasteiger partial charge in [0.15, 0.2) is 0 Å². The fourth-order valence-electron chi connectivity index (χ4n) is 3.38. The van der Waals surface area contributed by atoms with E-state index in [9.17, 15) is 0 Å². The number of hydrogen-bond acceptors (Lipinski definition) is 0. The highest BCUT2D eigenvalue weighted by atomic mass is 79.9. The van der Waals surface area contributed by atoms with Crippen molar-refractivity contribution in [2.45, 2.75) is 12.8 Å². The van der Waals surface area contributed by atoms with Crippen molar-refractivity contribution in [1.82, 2.24) is 0 Å². The van der Waals surface area contributed by atoms with E-state index in [1.807, 2.05) is 0 Å². The third kappa shape index (κ3) is 1.96. The summed E-state index contributed by atoms with van der Waals surface area (Å²) in [7, 11) is 0. The monoisotopic (exact) mass is 334 g/mol. The molecule has 0 nitrogen and oxygen atoms in total. The number of rotatable bonds is 1. The van der Waals surface area contributed by atoms with Crippen LogP contribution in [0.25, 0.3) is 16.8 Å². The lowest BCUT2D eigenvalue weighted by molar-refractivity contribution is 1.03. The number of fused-ring (bicyclic) bond motifs is 2. The number of allylic oxidation sites excluding steroid dienone is 1. The van der Waals surface area contributed by atoms with Crippen LogP contribution < -0.4 is 0 Å². The number of halogens is 1. The first-order chi connectivity index (χ1) is 10.3. The summed E-state index contributed by atoms with van der Waals surface area (Å²) in [4.78, 5) is 0. The van der Waals surface area contributed by atoms with Gasteiger partial charge < -0.3 is 0 Å². The molecule has 1 aliphatic carbocycles. The Labute approximate surface area is 133 Å². The van der Waals surface area contributed by atoms with E-state index in [4.69, 9.17) is 0 Å². The van der Waals surface area contributed by atoms with Gasteiger partial charge in [0.1, 0.15) is 0 Å². The topological polar surface area (TPSA) is 0 Å². The minimum Gasteiger partial charge on any atom is -0.0720 e. The standard InChI is InChI=1S/C20H15Br/c1-13-16(11-10-15-6-4-8-19(21)20(13)15)18-12-9-14-5-2-3-7-17(14)18/h2-12,18H,1H3. The Morgan fingerprint density at radius 3 is 2.62 bits per heavy atom. The average Bonchev–Trinajstić information content (AvgIpc) is 2.92. The van der Waals surface area contributed by atoms with Crippen LogP contribution in [0.5, 0.6) is 0 Å². The molecule has 0 aliphatic heterocycles. The number of benzene rings is 3. The molecule has 0 bridgehead atoms. The van der Waals surface area contributed by atoms with Crippen molar-refractivity contribution in [1.29, 1.82) is 0 Å². The fraction of sp³-hybridized carbons (Fsp3) is 0.100. The van der Waals surface area contributed by atoms with Gasteiger partial charge in [-0.1, -0.05) is 76.6 Å². The summed E-state index contributed by atoms with van der Waals surface area (Å²) in [6, 6.07) is 19.6. The Morgan fingerprint density at radius 2 is 1.71 bits per heavy atom. The van der Waals surface area contributed by atoms with Crippen LogP contribution in [0.15, 0.2) is 65.1 Å². The normalized spacial score (nSPS) is 16.4. The summed E-state index contributed by atoms with van der Waals surface area (Å²) in [5.74, 6) is 0.373. The highest BCUT2D eigenvalue weighted by Gasteiger charge is 2.21. The molecule has 1 heteroatoms. The van der Waals surface area contributed by atoms with Crippen LogP contribution in [0.3, 0.4) is 0 Å². The molecular formula is C20H15Br. The molecule has 1 atom stereocenters. The zero-order chi connectivity index (χ0) is 14.4. The van der Waals surface area contributed by atoms with Gasteiger partial charge in [0.2, 0.25) is 0 Å². The Bertz CT molecular complexity index is 874.